The number of carbonyl (C=O) groups excluding carboxylic acids is 1. The van der Waals surface area contributed by atoms with Crippen molar-refractivity contribution >= 4 is 40.9 Å². The molecule has 0 unspecified atom stereocenters. The van der Waals surface area contributed by atoms with Crippen LogP contribution in [0.4, 0.5) is 0 Å². The van der Waals surface area contributed by atoms with Gasteiger partial charge in [-0.05, 0) is 92.6 Å². The first kappa shape index (κ1) is 20.9. The van der Waals surface area contributed by atoms with Gasteiger partial charge in [-0.3, -0.25) is 4.79 Å². The highest BCUT2D eigenvalue weighted by Crippen LogP contribution is 2.51. The molecule has 4 rings (SSSR count). The Morgan fingerprint density at radius 3 is 2.43 bits per heavy atom. The van der Waals surface area contributed by atoms with Gasteiger partial charge in [0.05, 0.1) is 10.6 Å². The van der Waals surface area contributed by atoms with Crippen LogP contribution in [0, 0.1) is 17.3 Å². The lowest BCUT2D eigenvalue weighted by Crippen LogP contribution is -2.34. The van der Waals surface area contributed by atoms with Crippen LogP contribution in [-0.2, 0) is 0 Å². The van der Waals surface area contributed by atoms with Crippen molar-refractivity contribution in [2.24, 2.45) is 17.3 Å². The molecule has 2 nitrogen and oxygen atoms in total. The molecule has 0 spiro atoms. The van der Waals surface area contributed by atoms with Gasteiger partial charge in [0.25, 0.3) is 5.91 Å². The van der Waals surface area contributed by atoms with E-state index in [0.29, 0.717) is 21.0 Å². The van der Waals surface area contributed by atoms with Gasteiger partial charge in [-0.15, -0.1) is 0 Å². The van der Waals surface area contributed by atoms with Crippen molar-refractivity contribution in [2.45, 2.75) is 69.5 Å². The molecule has 0 aromatic heterocycles. The lowest BCUT2D eigenvalue weighted by Gasteiger charge is -2.41. The summed E-state index contributed by atoms with van der Waals surface area (Å²) in [7, 11) is 0. The summed E-state index contributed by atoms with van der Waals surface area (Å²) in [5.74, 6) is 3.27. The first-order valence-corrected chi connectivity index (χ1v) is 12.7. The second-order valence-corrected chi connectivity index (χ2v) is 11.4. The predicted molar refractivity (Wildman–Crippen MR) is 121 cm³/mol. The molecule has 1 aromatic carbocycles. The summed E-state index contributed by atoms with van der Waals surface area (Å²) in [6.45, 7) is 0.740. The molecule has 154 valence electrons. The van der Waals surface area contributed by atoms with Crippen molar-refractivity contribution in [1.82, 2.24) is 5.32 Å². The van der Waals surface area contributed by atoms with Gasteiger partial charge in [-0.2, -0.15) is 11.8 Å². The van der Waals surface area contributed by atoms with Gasteiger partial charge >= 0.3 is 0 Å². The smallest absolute Gasteiger partial charge is 0.252 e. The van der Waals surface area contributed by atoms with E-state index in [9.17, 15) is 4.79 Å². The first-order valence-electron chi connectivity index (χ1n) is 10.9. The third kappa shape index (κ3) is 5.83. The second-order valence-electron chi connectivity index (χ2n) is 9.25. The number of amides is 1. The zero-order valence-corrected chi connectivity index (χ0v) is 18.9. The van der Waals surface area contributed by atoms with Gasteiger partial charge in [0.2, 0.25) is 0 Å². The highest BCUT2D eigenvalue weighted by Gasteiger charge is 2.40. The van der Waals surface area contributed by atoms with E-state index in [1.54, 1.807) is 18.2 Å². The van der Waals surface area contributed by atoms with E-state index in [-0.39, 0.29) is 5.91 Å². The molecule has 0 saturated heterocycles. The van der Waals surface area contributed by atoms with Crippen LogP contribution < -0.4 is 5.32 Å². The van der Waals surface area contributed by atoms with Crippen LogP contribution in [-0.4, -0.2) is 23.5 Å². The summed E-state index contributed by atoms with van der Waals surface area (Å²) < 4.78 is 0. The van der Waals surface area contributed by atoms with Gasteiger partial charge < -0.3 is 5.32 Å². The first-order chi connectivity index (χ1) is 13.5. The van der Waals surface area contributed by atoms with Crippen LogP contribution in [0.2, 0.25) is 10.0 Å². The van der Waals surface area contributed by atoms with Gasteiger partial charge in [-0.1, -0.05) is 36.0 Å². The van der Waals surface area contributed by atoms with Crippen LogP contribution in [0.1, 0.15) is 74.6 Å². The lowest BCUT2D eigenvalue weighted by molar-refractivity contribution is 0.0934. The maximum absolute atomic E-state index is 12.5. The molecule has 1 amide bonds. The molecule has 5 heteroatoms. The number of thioether (sulfide) groups is 1. The molecule has 1 aromatic rings. The molecule has 0 radical (unpaired) electrons. The van der Waals surface area contributed by atoms with Crippen LogP contribution in [0.15, 0.2) is 18.2 Å². The number of hydrogen-bond acceptors (Lipinski definition) is 2. The standard InChI is InChI=1S/C23H31Cl2NOS/c24-18-5-6-20(21(25)13-18)22(27)26-12-11-23(14-16-1-2-16)9-7-19(8-10-23)28-15-17-3-4-17/h5-6,13,16-17,19H,1-4,7-12,14-15H2,(H,26,27). The number of nitrogens with one attached hydrogen (secondary N) is 1. The van der Waals surface area contributed by atoms with Crippen molar-refractivity contribution < 1.29 is 4.79 Å². The number of benzene rings is 1. The van der Waals surface area contributed by atoms with E-state index >= 15 is 0 Å². The van der Waals surface area contributed by atoms with E-state index < -0.39 is 0 Å². The summed E-state index contributed by atoms with van der Waals surface area (Å²) in [4.78, 5) is 12.5. The molecule has 0 bridgehead atoms. The third-order valence-electron chi connectivity index (χ3n) is 6.79. The lowest BCUT2D eigenvalue weighted by atomic mass is 9.68. The molecule has 0 atom stereocenters. The largest absolute Gasteiger partial charge is 0.352 e. The summed E-state index contributed by atoms with van der Waals surface area (Å²) in [6.07, 6.45) is 13.6. The van der Waals surface area contributed by atoms with Crippen molar-refractivity contribution in [3.8, 4) is 0 Å². The molecule has 1 N–H and O–H groups in total. The minimum absolute atomic E-state index is 0.0862. The summed E-state index contributed by atoms with van der Waals surface area (Å²) in [5, 5.41) is 4.96. The van der Waals surface area contributed by atoms with Crippen LogP contribution >= 0.6 is 35.0 Å². The zero-order valence-electron chi connectivity index (χ0n) is 16.5. The Hall–Kier alpha value is -0.380. The Balaban J connectivity index is 1.28. The average Bonchev–Trinajstić information content (AvgIpc) is 3.57. The van der Waals surface area contributed by atoms with Crippen LogP contribution in [0.25, 0.3) is 0 Å². The molecule has 3 aliphatic carbocycles. The minimum atomic E-state index is -0.0862. The molecule has 0 heterocycles. The molecule has 0 aliphatic heterocycles. The van der Waals surface area contributed by atoms with Gasteiger partial charge in [-0.25, -0.2) is 0 Å². The number of hydrogen-bond donors (Lipinski definition) is 1. The van der Waals surface area contributed by atoms with Gasteiger partial charge in [0.1, 0.15) is 0 Å². The molecule has 3 fully saturated rings. The van der Waals surface area contributed by atoms with Gasteiger partial charge in [0.15, 0.2) is 0 Å². The molecular weight excluding hydrogens is 409 g/mol. The number of carbonyl (C=O) groups is 1. The Morgan fingerprint density at radius 1 is 1.07 bits per heavy atom. The van der Waals surface area contributed by atoms with E-state index in [4.69, 9.17) is 23.2 Å². The van der Waals surface area contributed by atoms with Crippen molar-refractivity contribution in [3.63, 3.8) is 0 Å². The Morgan fingerprint density at radius 2 is 1.79 bits per heavy atom. The predicted octanol–water partition coefficient (Wildman–Crippen LogP) is 6.99. The SMILES string of the molecule is O=C(NCCC1(CC2CC2)CCC(SCC2CC2)CC1)c1ccc(Cl)cc1Cl. The van der Waals surface area contributed by atoms with E-state index in [0.717, 1.165) is 30.1 Å². The van der Waals surface area contributed by atoms with Crippen molar-refractivity contribution in [1.29, 1.82) is 0 Å². The second kappa shape index (κ2) is 9.18. The van der Waals surface area contributed by atoms with Crippen LogP contribution in [0.3, 0.4) is 0 Å². The fraction of sp³-hybridized carbons (Fsp3) is 0.696. The minimum Gasteiger partial charge on any atom is -0.352 e. The number of rotatable bonds is 9. The Bertz CT molecular complexity index is 694. The van der Waals surface area contributed by atoms with E-state index in [1.807, 2.05) is 0 Å². The normalized spacial score (nSPS) is 27.6. The Kier molecular flexibility index (Phi) is 6.85. The summed E-state index contributed by atoms with van der Waals surface area (Å²) in [6, 6.07) is 5.06. The quantitative estimate of drug-likeness (QED) is 0.449. The van der Waals surface area contributed by atoms with Crippen LogP contribution in [0.5, 0.6) is 0 Å². The highest BCUT2D eigenvalue weighted by atomic mass is 35.5. The monoisotopic (exact) mass is 439 g/mol. The van der Waals surface area contributed by atoms with Crippen molar-refractivity contribution in [3.05, 3.63) is 33.8 Å². The average molecular weight is 440 g/mol. The van der Waals surface area contributed by atoms with Gasteiger partial charge in [0, 0.05) is 16.8 Å². The molecule has 28 heavy (non-hydrogen) atoms. The number of halogens is 2. The maximum Gasteiger partial charge on any atom is 0.252 e. The topological polar surface area (TPSA) is 29.1 Å². The molecule has 3 aliphatic rings. The fourth-order valence-electron chi connectivity index (χ4n) is 4.63. The molecule has 3 saturated carbocycles. The third-order valence-corrected chi connectivity index (χ3v) is 8.95. The van der Waals surface area contributed by atoms with E-state index in [1.165, 1.54) is 63.5 Å². The maximum atomic E-state index is 12.5. The van der Waals surface area contributed by atoms with E-state index in [2.05, 4.69) is 17.1 Å². The summed E-state index contributed by atoms with van der Waals surface area (Å²) in [5.41, 5.74) is 0.956. The highest BCUT2D eigenvalue weighted by molar-refractivity contribution is 7.99. The molecular formula is C23H31Cl2NOS. The fourth-order valence-corrected chi connectivity index (χ4v) is 6.57. The zero-order chi connectivity index (χ0) is 19.6. The summed E-state index contributed by atoms with van der Waals surface area (Å²) >= 11 is 14.4. The van der Waals surface area contributed by atoms with Crippen molar-refractivity contribution in [2.75, 3.05) is 12.3 Å². The Labute approximate surface area is 183 Å².